The predicted molar refractivity (Wildman–Crippen MR) is 79.3 cm³/mol. The van der Waals surface area contributed by atoms with Crippen LogP contribution in [0.4, 0.5) is 0 Å². The molecular formula is C12H12Cl2N2O2S. The Hall–Kier alpha value is -1.04. The maximum Gasteiger partial charge on any atom is 0.323 e. The second-order valence-corrected chi connectivity index (χ2v) is 5.72. The van der Waals surface area contributed by atoms with Crippen LogP contribution in [-0.2, 0) is 5.75 Å². The van der Waals surface area contributed by atoms with Crippen LogP contribution in [-0.4, -0.2) is 21.3 Å². The zero-order chi connectivity index (χ0) is 13.7. The van der Waals surface area contributed by atoms with Crippen LogP contribution in [0.1, 0.15) is 5.69 Å². The molecule has 0 aliphatic heterocycles. The van der Waals surface area contributed by atoms with Crippen molar-refractivity contribution >= 4 is 35.0 Å². The van der Waals surface area contributed by atoms with E-state index in [1.54, 1.807) is 42.2 Å². The van der Waals surface area contributed by atoms with Gasteiger partial charge in [0.15, 0.2) is 5.56 Å². The summed E-state index contributed by atoms with van der Waals surface area (Å²) in [5.74, 6) is 1.91. The minimum Gasteiger partial charge on any atom is -0.474 e. The van der Waals surface area contributed by atoms with E-state index >= 15 is 0 Å². The summed E-state index contributed by atoms with van der Waals surface area (Å²) >= 11 is 13.5. The standard InChI is InChI=1S/C12H12Cl2N2O2S/c13-8-2-1-3-10(4-8)18-11(14)7-19-6-9-5-15-12(17)16-9/h1-5,11H,6-7H2,(H2,15,16,17). The number of hydrogen-bond acceptors (Lipinski definition) is 3. The van der Waals surface area contributed by atoms with Crippen molar-refractivity contribution in [3.63, 3.8) is 0 Å². The average molecular weight is 319 g/mol. The van der Waals surface area contributed by atoms with Crippen molar-refractivity contribution < 1.29 is 4.74 Å². The Morgan fingerprint density at radius 1 is 1.42 bits per heavy atom. The van der Waals surface area contributed by atoms with Crippen LogP contribution < -0.4 is 10.4 Å². The van der Waals surface area contributed by atoms with Crippen molar-refractivity contribution in [3.05, 3.63) is 51.7 Å². The van der Waals surface area contributed by atoms with E-state index in [0.29, 0.717) is 22.3 Å². The minimum absolute atomic E-state index is 0.201. The van der Waals surface area contributed by atoms with Gasteiger partial charge in [0.05, 0.1) is 0 Å². The number of benzene rings is 1. The third kappa shape index (κ3) is 4.86. The van der Waals surface area contributed by atoms with E-state index in [4.69, 9.17) is 27.9 Å². The Labute approximate surface area is 124 Å². The molecule has 2 rings (SSSR count). The van der Waals surface area contributed by atoms with Gasteiger partial charge in [-0.25, -0.2) is 4.79 Å². The quantitative estimate of drug-likeness (QED) is 0.804. The third-order valence-electron chi connectivity index (χ3n) is 2.22. The van der Waals surface area contributed by atoms with Crippen molar-refractivity contribution in [2.45, 2.75) is 11.3 Å². The smallest absolute Gasteiger partial charge is 0.323 e. The molecule has 0 radical (unpaired) electrons. The Bertz CT molecular complexity index is 585. The highest BCUT2D eigenvalue weighted by molar-refractivity contribution is 7.98. The molecular weight excluding hydrogens is 307 g/mol. The van der Waals surface area contributed by atoms with E-state index in [1.165, 1.54) is 0 Å². The first-order chi connectivity index (χ1) is 9.13. The van der Waals surface area contributed by atoms with E-state index in [9.17, 15) is 4.79 Å². The van der Waals surface area contributed by atoms with Gasteiger partial charge in [0.25, 0.3) is 0 Å². The number of thioether (sulfide) groups is 1. The SMILES string of the molecule is O=c1[nH]cc(CSCC(Cl)Oc2cccc(Cl)c2)[nH]1. The van der Waals surface area contributed by atoms with Gasteiger partial charge in [-0.15, -0.1) is 0 Å². The number of alkyl halides is 1. The third-order valence-corrected chi connectivity index (χ3v) is 3.93. The molecule has 0 aliphatic rings. The zero-order valence-electron chi connectivity index (χ0n) is 9.86. The number of aromatic amines is 2. The summed E-state index contributed by atoms with van der Waals surface area (Å²) in [5.41, 5.74) is 0.184. The molecule has 1 unspecified atom stereocenters. The van der Waals surface area contributed by atoms with Crippen molar-refractivity contribution in [1.29, 1.82) is 0 Å². The molecule has 0 saturated carbocycles. The lowest BCUT2D eigenvalue weighted by atomic mass is 10.3. The highest BCUT2D eigenvalue weighted by atomic mass is 35.5. The topological polar surface area (TPSA) is 57.9 Å². The van der Waals surface area contributed by atoms with Crippen molar-refractivity contribution in [1.82, 2.24) is 9.97 Å². The monoisotopic (exact) mass is 318 g/mol. The Morgan fingerprint density at radius 2 is 2.26 bits per heavy atom. The largest absolute Gasteiger partial charge is 0.474 e. The summed E-state index contributed by atoms with van der Waals surface area (Å²) in [5, 5.41) is 0.610. The second-order valence-electron chi connectivity index (χ2n) is 3.77. The van der Waals surface area contributed by atoms with Gasteiger partial charge < -0.3 is 14.7 Å². The van der Waals surface area contributed by atoms with Crippen LogP contribution in [0.2, 0.25) is 5.02 Å². The lowest BCUT2D eigenvalue weighted by molar-refractivity contribution is 0.305. The molecule has 0 amide bonds. The normalized spacial score (nSPS) is 12.3. The predicted octanol–water partition coefficient (Wildman–Crippen LogP) is 3.23. The molecule has 19 heavy (non-hydrogen) atoms. The summed E-state index contributed by atoms with van der Waals surface area (Å²) < 4.78 is 5.52. The first kappa shape index (κ1) is 14.4. The Morgan fingerprint density at radius 3 is 2.95 bits per heavy atom. The molecule has 7 heteroatoms. The number of nitrogens with one attached hydrogen (secondary N) is 2. The molecule has 1 atom stereocenters. The van der Waals surface area contributed by atoms with Gasteiger partial charge in [-0.3, -0.25) is 0 Å². The maximum atomic E-state index is 10.9. The second kappa shape index (κ2) is 6.93. The fraction of sp³-hybridized carbons (Fsp3) is 0.250. The molecule has 0 bridgehead atoms. The van der Waals surface area contributed by atoms with Crippen molar-refractivity contribution in [2.24, 2.45) is 0 Å². The van der Waals surface area contributed by atoms with E-state index in [1.807, 2.05) is 0 Å². The average Bonchev–Trinajstić information content (AvgIpc) is 2.75. The van der Waals surface area contributed by atoms with Gasteiger partial charge in [0.2, 0.25) is 0 Å². The first-order valence-electron chi connectivity index (χ1n) is 5.54. The summed E-state index contributed by atoms with van der Waals surface area (Å²) in [4.78, 5) is 16.1. The number of rotatable bonds is 6. The molecule has 102 valence electrons. The number of hydrogen-bond donors (Lipinski definition) is 2. The lowest BCUT2D eigenvalue weighted by Crippen LogP contribution is -2.11. The number of halogens is 2. The summed E-state index contributed by atoms with van der Waals surface area (Å²) in [6.07, 6.45) is 1.65. The van der Waals surface area contributed by atoms with Gasteiger partial charge in [0, 0.05) is 28.4 Å². The zero-order valence-corrected chi connectivity index (χ0v) is 12.2. The molecule has 0 saturated heterocycles. The first-order valence-corrected chi connectivity index (χ1v) is 7.51. The molecule has 1 aromatic carbocycles. The van der Waals surface area contributed by atoms with Crippen LogP contribution in [0.15, 0.2) is 35.3 Å². The van der Waals surface area contributed by atoms with Crippen LogP contribution in [0, 0.1) is 0 Å². The van der Waals surface area contributed by atoms with Gasteiger partial charge in [-0.05, 0) is 18.2 Å². The van der Waals surface area contributed by atoms with E-state index < -0.39 is 5.56 Å². The van der Waals surface area contributed by atoms with Gasteiger partial charge in [-0.2, -0.15) is 11.8 Å². The van der Waals surface area contributed by atoms with Crippen molar-refractivity contribution in [2.75, 3.05) is 5.75 Å². The molecule has 1 heterocycles. The minimum atomic E-state index is -0.450. The van der Waals surface area contributed by atoms with Crippen LogP contribution in [0.25, 0.3) is 0 Å². The van der Waals surface area contributed by atoms with Crippen LogP contribution in [0.3, 0.4) is 0 Å². The molecule has 1 aromatic heterocycles. The Kier molecular flexibility index (Phi) is 5.24. The summed E-state index contributed by atoms with van der Waals surface area (Å²) in [7, 11) is 0. The number of ether oxygens (including phenoxy) is 1. The van der Waals surface area contributed by atoms with Crippen LogP contribution >= 0.6 is 35.0 Å². The van der Waals surface area contributed by atoms with E-state index in [2.05, 4.69) is 9.97 Å². The number of H-pyrrole nitrogens is 2. The van der Waals surface area contributed by atoms with Crippen LogP contribution in [0.5, 0.6) is 5.75 Å². The molecule has 0 aliphatic carbocycles. The van der Waals surface area contributed by atoms with Gasteiger partial charge >= 0.3 is 5.69 Å². The molecule has 0 fully saturated rings. The fourth-order valence-corrected chi connectivity index (χ4v) is 2.73. The molecule has 0 spiro atoms. The molecule has 2 N–H and O–H groups in total. The summed E-state index contributed by atoms with van der Waals surface area (Å²) in [6.45, 7) is 0. The molecule has 2 aromatic rings. The maximum absolute atomic E-state index is 10.9. The lowest BCUT2D eigenvalue weighted by Gasteiger charge is -2.12. The number of aromatic nitrogens is 2. The fourth-order valence-electron chi connectivity index (χ4n) is 1.43. The van der Waals surface area contributed by atoms with Gasteiger partial charge in [0.1, 0.15) is 5.75 Å². The number of imidazole rings is 1. The highest BCUT2D eigenvalue weighted by Gasteiger charge is 2.07. The highest BCUT2D eigenvalue weighted by Crippen LogP contribution is 2.21. The Balaban J connectivity index is 1.75. The van der Waals surface area contributed by atoms with Gasteiger partial charge in [-0.1, -0.05) is 29.3 Å². The summed E-state index contributed by atoms with van der Waals surface area (Å²) in [6, 6.07) is 7.09. The van der Waals surface area contributed by atoms with E-state index in [0.717, 1.165) is 5.69 Å². The van der Waals surface area contributed by atoms with Crippen molar-refractivity contribution in [3.8, 4) is 5.75 Å². The molecule has 4 nitrogen and oxygen atoms in total. The van der Waals surface area contributed by atoms with E-state index in [-0.39, 0.29) is 5.69 Å².